The van der Waals surface area contributed by atoms with E-state index < -0.39 is 5.97 Å². The minimum absolute atomic E-state index is 0.100. The Balaban J connectivity index is 1.96. The van der Waals surface area contributed by atoms with Crippen molar-refractivity contribution < 1.29 is 14.3 Å². The van der Waals surface area contributed by atoms with E-state index in [0.29, 0.717) is 5.88 Å². The highest BCUT2D eigenvalue weighted by Crippen LogP contribution is 2.22. The third-order valence-electron chi connectivity index (χ3n) is 2.75. The third-order valence-corrected chi connectivity index (χ3v) is 2.75. The molecule has 6 nitrogen and oxygen atoms in total. The van der Waals surface area contributed by atoms with Crippen LogP contribution in [0, 0.1) is 0 Å². The maximum absolute atomic E-state index is 11.1. The topological polar surface area (TPSA) is 87.3 Å². The Bertz CT molecular complexity index is 393. The van der Waals surface area contributed by atoms with E-state index >= 15 is 0 Å². The predicted molar refractivity (Wildman–Crippen MR) is 59.6 cm³/mol. The maximum Gasteiger partial charge on any atom is 0.358 e. The molecule has 0 amide bonds. The Kier molecular flexibility index (Phi) is 3.53. The van der Waals surface area contributed by atoms with Crippen LogP contribution < -0.4 is 10.5 Å². The van der Waals surface area contributed by atoms with Gasteiger partial charge in [0, 0.05) is 12.1 Å². The number of methoxy groups -OCH3 is 1. The van der Waals surface area contributed by atoms with Crippen molar-refractivity contribution in [2.75, 3.05) is 7.11 Å². The molecule has 1 aliphatic carbocycles. The average molecular weight is 237 g/mol. The fourth-order valence-corrected chi connectivity index (χ4v) is 1.85. The van der Waals surface area contributed by atoms with E-state index in [1.54, 1.807) is 6.07 Å². The van der Waals surface area contributed by atoms with Gasteiger partial charge in [0.15, 0.2) is 5.69 Å². The Labute approximate surface area is 99.1 Å². The summed E-state index contributed by atoms with van der Waals surface area (Å²) >= 11 is 0. The van der Waals surface area contributed by atoms with Gasteiger partial charge >= 0.3 is 5.97 Å². The van der Waals surface area contributed by atoms with Gasteiger partial charge in [0.05, 0.1) is 7.11 Å². The van der Waals surface area contributed by atoms with Gasteiger partial charge in [-0.25, -0.2) is 4.79 Å². The molecule has 0 radical (unpaired) electrons. The second-order valence-corrected chi connectivity index (χ2v) is 4.06. The van der Waals surface area contributed by atoms with Crippen molar-refractivity contribution in [3.8, 4) is 5.88 Å². The lowest BCUT2D eigenvalue weighted by molar-refractivity contribution is 0.0592. The Hall–Kier alpha value is -1.69. The summed E-state index contributed by atoms with van der Waals surface area (Å²) in [5.74, 6) is -0.0938. The van der Waals surface area contributed by atoms with Crippen LogP contribution in [0.5, 0.6) is 5.88 Å². The molecular weight excluding hydrogens is 222 g/mol. The molecule has 1 heterocycles. The van der Waals surface area contributed by atoms with E-state index in [0.717, 1.165) is 19.3 Å². The van der Waals surface area contributed by atoms with Crippen molar-refractivity contribution in [3.63, 3.8) is 0 Å². The summed E-state index contributed by atoms with van der Waals surface area (Å²) in [5, 5.41) is 7.55. The van der Waals surface area contributed by atoms with Crippen LogP contribution >= 0.6 is 0 Å². The van der Waals surface area contributed by atoms with Crippen LogP contribution in [0.15, 0.2) is 12.1 Å². The first kappa shape index (κ1) is 11.8. The van der Waals surface area contributed by atoms with E-state index in [-0.39, 0.29) is 17.8 Å². The zero-order valence-corrected chi connectivity index (χ0v) is 9.63. The molecule has 0 aromatic carbocycles. The largest absolute Gasteiger partial charge is 0.473 e. The normalized spacial score (nSPS) is 23.4. The number of esters is 1. The van der Waals surface area contributed by atoms with Crippen molar-refractivity contribution in [2.24, 2.45) is 5.73 Å². The summed E-state index contributed by atoms with van der Waals surface area (Å²) in [4.78, 5) is 11.1. The number of hydrogen-bond acceptors (Lipinski definition) is 6. The van der Waals surface area contributed by atoms with Gasteiger partial charge in [0.1, 0.15) is 6.10 Å². The zero-order chi connectivity index (χ0) is 12.3. The van der Waals surface area contributed by atoms with Crippen LogP contribution in [-0.2, 0) is 4.74 Å². The van der Waals surface area contributed by atoms with Crippen LogP contribution in [0.4, 0.5) is 0 Å². The number of aromatic nitrogens is 2. The summed E-state index contributed by atoms with van der Waals surface area (Å²) in [6.07, 6.45) is 2.84. The molecule has 2 N–H and O–H groups in total. The number of carbonyl (C=O) groups is 1. The molecule has 0 saturated heterocycles. The maximum atomic E-state index is 11.1. The first-order valence-electron chi connectivity index (χ1n) is 5.53. The Morgan fingerprint density at radius 1 is 1.41 bits per heavy atom. The quantitative estimate of drug-likeness (QED) is 0.771. The molecule has 0 spiro atoms. The van der Waals surface area contributed by atoms with Crippen molar-refractivity contribution in [1.82, 2.24) is 10.2 Å². The molecule has 92 valence electrons. The monoisotopic (exact) mass is 237 g/mol. The lowest BCUT2D eigenvalue weighted by atomic mass is 10.3. The molecule has 2 unspecified atom stereocenters. The lowest BCUT2D eigenvalue weighted by Crippen LogP contribution is -2.19. The van der Waals surface area contributed by atoms with E-state index in [9.17, 15) is 4.79 Å². The standard InChI is InChI=1S/C11H15N3O3/c1-16-11(15)9-4-5-10(14-13-9)17-8-3-2-7(12)6-8/h4-5,7-8H,2-3,6,12H2,1H3. The second-order valence-electron chi connectivity index (χ2n) is 4.06. The molecule has 0 bridgehead atoms. The summed E-state index contributed by atoms with van der Waals surface area (Å²) in [6.45, 7) is 0. The molecule has 1 fully saturated rings. The fraction of sp³-hybridized carbons (Fsp3) is 0.545. The third kappa shape index (κ3) is 2.91. The van der Waals surface area contributed by atoms with Gasteiger partial charge in [-0.15, -0.1) is 10.2 Å². The first-order valence-corrected chi connectivity index (χ1v) is 5.53. The van der Waals surface area contributed by atoms with Gasteiger partial charge < -0.3 is 15.2 Å². The van der Waals surface area contributed by atoms with E-state index in [4.69, 9.17) is 10.5 Å². The number of hydrogen-bond donors (Lipinski definition) is 1. The number of rotatable bonds is 3. The highest BCUT2D eigenvalue weighted by Gasteiger charge is 2.23. The van der Waals surface area contributed by atoms with Gasteiger partial charge in [0.25, 0.3) is 0 Å². The molecule has 6 heteroatoms. The number of nitrogens with two attached hydrogens (primary N) is 1. The van der Waals surface area contributed by atoms with Crippen LogP contribution in [0.1, 0.15) is 29.8 Å². The Morgan fingerprint density at radius 3 is 2.76 bits per heavy atom. The molecule has 1 aromatic heterocycles. The zero-order valence-electron chi connectivity index (χ0n) is 9.63. The van der Waals surface area contributed by atoms with E-state index in [2.05, 4.69) is 14.9 Å². The Morgan fingerprint density at radius 2 is 2.24 bits per heavy atom. The van der Waals surface area contributed by atoms with Gasteiger partial charge in [-0.05, 0) is 25.3 Å². The summed E-state index contributed by atoms with van der Waals surface area (Å²) in [7, 11) is 1.30. The minimum Gasteiger partial charge on any atom is -0.473 e. The fourth-order valence-electron chi connectivity index (χ4n) is 1.85. The second kappa shape index (κ2) is 5.09. The number of ether oxygens (including phenoxy) is 2. The highest BCUT2D eigenvalue weighted by molar-refractivity contribution is 5.86. The van der Waals surface area contributed by atoms with Gasteiger partial charge in [-0.3, -0.25) is 0 Å². The SMILES string of the molecule is COC(=O)c1ccc(OC2CCC(N)C2)nn1. The smallest absolute Gasteiger partial charge is 0.358 e. The summed E-state index contributed by atoms with van der Waals surface area (Å²) in [6, 6.07) is 3.36. The molecule has 2 rings (SSSR count). The van der Waals surface area contributed by atoms with Crippen LogP contribution in [0.2, 0.25) is 0 Å². The molecular formula is C11H15N3O3. The number of carbonyl (C=O) groups excluding carboxylic acids is 1. The van der Waals surface area contributed by atoms with Crippen LogP contribution in [0.25, 0.3) is 0 Å². The molecule has 1 aromatic rings. The highest BCUT2D eigenvalue weighted by atomic mass is 16.5. The van der Waals surface area contributed by atoms with Crippen LogP contribution in [0.3, 0.4) is 0 Å². The van der Waals surface area contributed by atoms with Crippen molar-refractivity contribution in [2.45, 2.75) is 31.4 Å². The predicted octanol–water partition coefficient (Wildman–Crippen LogP) is 0.522. The first-order chi connectivity index (χ1) is 8.19. The lowest BCUT2D eigenvalue weighted by Gasteiger charge is -2.11. The van der Waals surface area contributed by atoms with E-state index in [1.165, 1.54) is 13.2 Å². The van der Waals surface area contributed by atoms with Gasteiger partial charge in [-0.1, -0.05) is 0 Å². The molecule has 1 saturated carbocycles. The van der Waals surface area contributed by atoms with Crippen molar-refractivity contribution >= 4 is 5.97 Å². The summed E-state index contributed by atoms with van der Waals surface area (Å²) in [5.41, 5.74) is 5.95. The minimum atomic E-state index is -0.507. The summed E-state index contributed by atoms with van der Waals surface area (Å²) < 4.78 is 10.1. The van der Waals surface area contributed by atoms with Crippen LogP contribution in [-0.4, -0.2) is 35.4 Å². The number of nitrogens with zero attached hydrogens (tertiary/aromatic N) is 2. The van der Waals surface area contributed by atoms with Gasteiger partial charge in [0.2, 0.25) is 5.88 Å². The van der Waals surface area contributed by atoms with Gasteiger partial charge in [-0.2, -0.15) is 0 Å². The van der Waals surface area contributed by atoms with E-state index in [1.807, 2.05) is 0 Å². The molecule has 2 atom stereocenters. The average Bonchev–Trinajstić information content (AvgIpc) is 2.75. The van der Waals surface area contributed by atoms with Crippen molar-refractivity contribution in [3.05, 3.63) is 17.8 Å². The molecule has 1 aliphatic rings. The molecule has 0 aliphatic heterocycles. The van der Waals surface area contributed by atoms with Crippen molar-refractivity contribution in [1.29, 1.82) is 0 Å². The molecule has 17 heavy (non-hydrogen) atoms.